The number of rotatable bonds is 14. The number of anilines is 1. The minimum atomic E-state index is -0.843. The van der Waals surface area contributed by atoms with E-state index in [2.05, 4.69) is 38.8 Å². The molecule has 0 saturated heterocycles. The van der Waals surface area contributed by atoms with E-state index >= 15 is 0 Å². The number of alkyl carbamates (subject to hydrolysis) is 1. The van der Waals surface area contributed by atoms with Gasteiger partial charge in [-0.3, -0.25) is 9.59 Å². The number of unbranched alkanes of at least 4 members (excludes halogenated alkanes) is 1. The Hall–Kier alpha value is -4.38. The van der Waals surface area contributed by atoms with Gasteiger partial charge in [0.2, 0.25) is 11.8 Å². The molecule has 0 unspecified atom stereocenters. The van der Waals surface area contributed by atoms with E-state index in [1.807, 2.05) is 69.3 Å². The first-order chi connectivity index (χ1) is 24.4. The van der Waals surface area contributed by atoms with E-state index in [0.29, 0.717) is 30.8 Å². The minimum Gasteiger partial charge on any atom is -0.444 e. The van der Waals surface area contributed by atoms with Gasteiger partial charge in [0, 0.05) is 34.6 Å². The summed E-state index contributed by atoms with van der Waals surface area (Å²) in [5, 5.41) is 8.84. The van der Waals surface area contributed by atoms with E-state index in [0.717, 1.165) is 47.7 Å². The van der Waals surface area contributed by atoms with Crippen LogP contribution in [0.2, 0.25) is 0 Å². The zero-order chi connectivity index (χ0) is 36.8. The molecule has 0 spiro atoms. The Balaban J connectivity index is 1.35. The lowest BCUT2D eigenvalue weighted by atomic mass is 9.81. The van der Waals surface area contributed by atoms with Gasteiger partial charge in [-0.15, -0.1) is 0 Å². The number of hydrogen-bond donors (Lipinski definition) is 3. The van der Waals surface area contributed by atoms with Crippen LogP contribution in [0.25, 0.3) is 0 Å². The highest BCUT2D eigenvalue weighted by Gasteiger charge is 2.30. The van der Waals surface area contributed by atoms with Crippen molar-refractivity contribution in [2.24, 2.45) is 11.8 Å². The van der Waals surface area contributed by atoms with Crippen LogP contribution in [-0.4, -0.2) is 42.3 Å². The molecule has 0 aliphatic heterocycles. The first-order valence-electron chi connectivity index (χ1n) is 17.7. The fourth-order valence-electron chi connectivity index (χ4n) is 5.84. The molecule has 11 heteroatoms. The zero-order valence-corrected chi connectivity index (χ0v) is 31.6. The smallest absolute Gasteiger partial charge is 0.444 e. The summed E-state index contributed by atoms with van der Waals surface area (Å²) in [6.07, 6.45) is 5.00. The summed E-state index contributed by atoms with van der Waals surface area (Å²) < 4.78 is 16.8. The molecule has 274 valence electrons. The topological polar surface area (TPSA) is 132 Å². The van der Waals surface area contributed by atoms with Crippen molar-refractivity contribution >= 4 is 45.7 Å². The molecular weight excluding hydrogens is 714 g/mol. The minimum absolute atomic E-state index is 0.0565. The van der Waals surface area contributed by atoms with Crippen LogP contribution in [0, 0.1) is 11.8 Å². The van der Waals surface area contributed by atoms with E-state index in [9.17, 15) is 19.2 Å². The van der Waals surface area contributed by atoms with Crippen molar-refractivity contribution in [3.05, 3.63) is 94.0 Å². The lowest BCUT2D eigenvalue weighted by Crippen LogP contribution is -2.48. The normalized spacial score (nSPS) is 16.3. The van der Waals surface area contributed by atoms with Crippen molar-refractivity contribution in [2.45, 2.75) is 97.3 Å². The Morgan fingerprint density at radius 3 is 2.20 bits per heavy atom. The summed E-state index contributed by atoms with van der Waals surface area (Å²) in [4.78, 5) is 51.6. The van der Waals surface area contributed by atoms with Gasteiger partial charge in [-0.05, 0) is 107 Å². The molecule has 0 bridgehead atoms. The van der Waals surface area contributed by atoms with Crippen LogP contribution in [-0.2, 0) is 38.5 Å². The molecule has 3 aromatic carbocycles. The van der Waals surface area contributed by atoms with Crippen molar-refractivity contribution in [3.63, 3.8) is 0 Å². The maximum absolute atomic E-state index is 13.7. The molecule has 51 heavy (non-hydrogen) atoms. The largest absolute Gasteiger partial charge is 0.514 e. The number of hydrogen-bond acceptors (Lipinski definition) is 7. The molecular formula is C40H50BrN3O7. The Kier molecular flexibility index (Phi) is 14.9. The molecule has 1 saturated carbocycles. The number of carbonyl (C=O) groups excluding carboxylic acids is 4. The summed E-state index contributed by atoms with van der Waals surface area (Å²) in [6.45, 7) is 8.17. The number of benzene rings is 3. The molecule has 1 atom stereocenters. The highest BCUT2D eigenvalue weighted by Crippen LogP contribution is 2.29. The van der Waals surface area contributed by atoms with Crippen LogP contribution >= 0.6 is 15.9 Å². The third-order valence-corrected chi connectivity index (χ3v) is 9.47. The maximum Gasteiger partial charge on any atom is 0.514 e. The Labute approximate surface area is 309 Å². The molecule has 3 N–H and O–H groups in total. The lowest BCUT2D eigenvalue weighted by molar-refractivity contribution is -0.130. The SMILES string of the molecule is CCCCc1ccc(NC(=O)[C@H](Cc2ccc(OC(=O)OCc3ccccc3Br)cc2)NC(=O)C2CCC(CNC(=O)OC(C)(C)C)CC2)cc1. The summed E-state index contributed by atoms with van der Waals surface area (Å²) in [6, 6.07) is 21.2. The van der Waals surface area contributed by atoms with Crippen molar-refractivity contribution in [3.8, 4) is 5.75 Å². The number of ether oxygens (including phenoxy) is 3. The standard InChI is InChI=1S/C40H50BrN3O7/c1-5-6-9-27-14-20-32(21-15-27)43-37(46)35(44-36(45)30-18-12-29(13-19-30)25-42-38(47)51-40(2,3)4)24-28-16-22-33(23-17-28)50-39(48)49-26-31-10-7-8-11-34(31)41/h7-8,10-11,14-17,20-23,29-30,35H,5-6,9,12-13,18-19,24-26H2,1-4H3,(H,42,47)(H,43,46)(H,44,45)/t29?,30?,35-/m0/s1. The van der Waals surface area contributed by atoms with E-state index in [1.165, 1.54) is 5.56 Å². The number of aryl methyl sites for hydroxylation is 1. The van der Waals surface area contributed by atoms with E-state index < -0.39 is 23.9 Å². The first-order valence-corrected chi connectivity index (χ1v) is 18.5. The van der Waals surface area contributed by atoms with Crippen LogP contribution in [0.5, 0.6) is 5.75 Å². The third kappa shape index (κ3) is 13.7. The van der Waals surface area contributed by atoms with E-state index in [-0.39, 0.29) is 36.7 Å². The van der Waals surface area contributed by atoms with Gasteiger partial charge in [-0.1, -0.05) is 71.7 Å². The van der Waals surface area contributed by atoms with Gasteiger partial charge in [0.15, 0.2) is 0 Å². The van der Waals surface area contributed by atoms with Crippen molar-refractivity contribution in [1.82, 2.24) is 10.6 Å². The Morgan fingerprint density at radius 1 is 0.882 bits per heavy atom. The second kappa shape index (κ2) is 19.3. The molecule has 4 rings (SSSR count). The van der Waals surface area contributed by atoms with Crippen LogP contribution < -0.4 is 20.7 Å². The third-order valence-electron chi connectivity index (χ3n) is 8.69. The molecule has 3 aromatic rings. The van der Waals surface area contributed by atoms with Crippen molar-refractivity contribution in [2.75, 3.05) is 11.9 Å². The van der Waals surface area contributed by atoms with Crippen molar-refractivity contribution in [1.29, 1.82) is 0 Å². The molecule has 0 heterocycles. The first kappa shape index (κ1) is 39.4. The van der Waals surface area contributed by atoms with Gasteiger partial charge in [0.1, 0.15) is 24.0 Å². The van der Waals surface area contributed by atoms with Gasteiger partial charge < -0.3 is 30.2 Å². The van der Waals surface area contributed by atoms with Gasteiger partial charge in [-0.2, -0.15) is 0 Å². The summed E-state index contributed by atoms with van der Waals surface area (Å²) in [7, 11) is 0. The second-order valence-corrected chi connectivity index (χ2v) is 14.9. The van der Waals surface area contributed by atoms with Gasteiger partial charge in [0.25, 0.3) is 0 Å². The number of carbonyl (C=O) groups is 4. The average Bonchev–Trinajstić information content (AvgIpc) is 3.10. The van der Waals surface area contributed by atoms with Crippen molar-refractivity contribution < 1.29 is 33.4 Å². The van der Waals surface area contributed by atoms with Crippen LogP contribution in [0.1, 0.15) is 82.9 Å². The highest BCUT2D eigenvalue weighted by atomic mass is 79.9. The predicted octanol–water partition coefficient (Wildman–Crippen LogP) is 8.50. The average molecular weight is 765 g/mol. The number of amides is 3. The molecule has 0 radical (unpaired) electrons. The Morgan fingerprint density at radius 2 is 1.55 bits per heavy atom. The zero-order valence-electron chi connectivity index (χ0n) is 30.0. The van der Waals surface area contributed by atoms with Gasteiger partial charge in [-0.25, -0.2) is 9.59 Å². The number of nitrogens with one attached hydrogen (secondary N) is 3. The fraction of sp³-hybridized carbons (Fsp3) is 0.450. The predicted molar refractivity (Wildman–Crippen MR) is 200 cm³/mol. The summed E-state index contributed by atoms with van der Waals surface area (Å²) in [5.74, 6) is -0.192. The molecule has 1 aliphatic carbocycles. The quantitative estimate of drug-likeness (QED) is 0.111. The molecule has 1 aliphatic rings. The fourth-order valence-corrected chi connectivity index (χ4v) is 6.24. The Bertz CT molecular complexity index is 1600. The van der Waals surface area contributed by atoms with Crippen LogP contribution in [0.15, 0.2) is 77.3 Å². The van der Waals surface area contributed by atoms with E-state index in [4.69, 9.17) is 14.2 Å². The van der Waals surface area contributed by atoms with E-state index in [1.54, 1.807) is 24.3 Å². The van der Waals surface area contributed by atoms with Crippen LogP contribution in [0.3, 0.4) is 0 Å². The summed E-state index contributed by atoms with van der Waals surface area (Å²) >= 11 is 3.43. The van der Waals surface area contributed by atoms with Gasteiger partial charge >= 0.3 is 12.2 Å². The molecule has 3 amide bonds. The molecule has 1 fully saturated rings. The maximum atomic E-state index is 13.7. The summed E-state index contributed by atoms with van der Waals surface area (Å²) in [5.41, 5.74) is 2.88. The monoisotopic (exact) mass is 763 g/mol. The molecule has 0 aromatic heterocycles. The number of halogens is 1. The lowest BCUT2D eigenvalue weighted by Gasteiger charge is -2.29. The molecule has 10 nitrogen and oxygen atoms in total. The van der Waals surface area contributed by atoms with Gasteiger partial charge in [0.05, 0.1) is 0 Å². The second-order valence-electron chi connectivity index (χ2n) is 14.0. The van der Waals surface area contributed by atoms with Crippen LogP contribution in [0.4, 0.5) is 15.3 Å². The highest BCUT2D eigenvalue weighted by molar-refractivity contribution is 9.10.